The Morgan fingerprint density at radius 2 is 2.18 bits per heavy atom. The number of aromatic nitrogens is 1. The molecular weight excluding hydrogens is 216 g/mol. The maximum atomic E-state index is 10.7. The third-order valence-corrected chi connectivity index (χ3v) is 3.24. The zero-order valence-electron chi connectivity index (χ0n) is 10.0. The molecule has 0 spiro atoms. The summed E-state index contributed by atoms with van der Waals surface area (Å²) in [5.74, 6) is -0.773. The largest absolute Gasteiger partial charge is 0.481 e. The summed E-state index contributed by atoms with van der Waals surface area (Å²) in [6.45, 7) is 2.01. The second-order valence-electron chi connectivity index (χ2n) is 4.29. The zero-order valence-corrected chi connectivity index (χ0v) is 10.0. The van der Waals surface area contributed by atoms with Crippen LogP contribution in [0.4, 0.5) is 5.69 Å². The molecule has 90 valence electrons. The molecule has 4 heteroatoms. The van der Waals surface area contributed by atoms with E-state index in [2.05, 4.69) is 4.57 Å². The smallest absolute Gasteiger partial charge is 0.303 e. The van der Waals surface area contributed by atoms with Crippen LogP contribution in [0.1, 0.15) is 17.7 Å². The van der Waals surface area contributed by atoms with Gasteiger partial charge in [-0.1, -0.05) is 0 Å². The average Bonchev–Trinajstić information content (AvgIpc) is 2.49. The lowest BCUT2D eigenvalue weighted by Crippen LogP contribution is -1.99. The summed E-state index contributed by atoms with van der Waals surface area (Å²) in [4.78, 5) is 10.7. The lowest BCUT2D eigenvalue weighted by Gasteiger charge is -2.00. The van der Waals surface area contributed by atoms with E-state index >= 15 is 0 Å². The van der Waals surface area contributed by atoms with Crippen LogP contribution in [-0.2, 0) is 18.3 Å². The molecule has 1 aromatic heterocycles. The minimum Gasteiger partial charge on any atom is -0.481 e. The van der Waals surface area contributed by atoms with E-state index in [1.165, 1.54) is 0 Å². The first kappa shape index (κ1) is 11.5. The van der Waals surface area contributed by atoms with Gasteiger partial charge in [0.25, 0.3) is 0 Å². The van der Waals surface area contributed by atoms with Crippen LogP contribution < -0.4 is 5.73 Å². The molecule has 2 aromatic rings. The number of fused-ring (bicyclic) bond motifs is 1. The fraction of sp³-hybridized carbons (Fsp3) is 0.308. The van der Waals surface area contributed by atoms with E-state index in [0.717, 1.165) is 22.2 Å². The first-order chi connectivity index (χ1) is 8.00. The summed E-state index contributed by atoms with van der Waals surface area (Å²) >= 11 is 0. The third kappa shape index (κ3) is 1.98. The van der Waals surface area contributed by atoms with Gasteiger partial charge in [0.2, 0.25) is 0 Å². The van der Waals surface area contributed by atoms with E-state index in [-0.39, 0.29) is 6.42 Å². The number of carboxylic acid groups (broad SMARTS) is 1. The van der Waals surface area contributed by atoms with Gasteiger partial charge in [-0.15, -0.1) is 0 Å². The quantitative estimate of drug-likeness (QED) is 0.796. The Labute approximate surface area is 99.7 Å². The van der Waals surface area contributed by atoms with Crippen molar-refractivity contribution in [2.45, 2.75) is 19.8 Å². The number of anilines is 1. The number of aryl methyl sites for hydroxylation is 2. The molecule has 0 saturated heterocycles. The zero-order chi connectivity index (χ0) is 12.6. The maximum absolute atomic E-state index is 10.7. The molecule has 0 bridgehead atoms. The van der Waals surface area contributed by atoms with Crippen molar-refractivity contribution in [3.05, 3.63) is 29.5 Å². The van der Waals surface area contributed by atoms with Crippen molar-refractivity contribution < 1.29 is 9.90 Å². The Morgan fingerprint density at radius 1 is 1.47 bits per heavy atom. The molecule has 0 unspecified atom stereocenters. The number of carboxylic acids is 1. The SMILES string of the molecule is Cc1c(CCC(=O)O)c2cc(N)ccc2n1C. The van der Waals surface area contributed by atoms with Gasteiger partial charge in [0.05, 0.1) is 0 Å². The van der Waals surface area contributed by atoms with Crippen LogP contribution >= 0.6 is 0 Å². The highest BCUT2D eigenvalue weighted by Crippen LogP contribution is 2.27. The Kier molecular flexibility index (Phi) is 2.79. The molecule has 0 radical (unpaired) electrons. The molecule has 2 rings (SSSR count). The number of carbonyl (C=O) groups is 1. The molecule has 0 aliphatic heterocycles. The number of nitrogens with two attached hydrogens (primary N) is 1. The van der Waals surface area contributed by atoms with Gasteiger partial charge in [-0.3, -0.25) is 4.79 Å². The van der Waals surface area contributed by atoms with E-state index in [1.807, 2.05) is 32.2 Å². The fourth-order valence-corrected chi connectivity index (χ4v) is 2.21. The van der Waals surface area contributed by atoms with Crippen LogP contribution in [0.2, 0.25) is 0 Å². The second-order valence-corrected chi connectivity index (χ2v) is 4.29. The van der Waals surface area contributed by atoms with E-state index in [1.54, 1.807) is 0 Å². The summed E-state index contributed by atoms with van der Waals surface area (Å²) in [7, 11) is 1.98. The van der Waals surface area contributed by atoms with E-state index in [9.17, 15) is 4.79 Å². The number of hydrogen-bond acceptors (Lipinski definition) is 2. The average molecular weight is 232 g/mol. The number of benzene rings is 1. The number of nitrogen functional groups attached to an aromatic ring is 1. The van der Waals surface area contributed by atoms with Gasteiger partial charge in [-0.2, -0.15) is 0 Å². The molecule has 0 atom stereocenters. The summed E-state index contributed by atoms with van der Waals surface area (Å²) in [5, 5.41) is 9.83. The molecule has 3 N–H and O–H groups in total. The van der Waals surface area contributed by atoms with Crippen molar-refractivity contribution in [3.63, 3.8) is 0 Å². The van der Waals surface area contributed by atoms with Gasteiger partial charge in [0, 0.05) is 35.8 Å². The highest BCUT2D eigenvalue weighted by atomic mass is 16.4. The van der Waals surface area contributed by atoms with Crippen molar-refractivity contribution in [1.82, 2.24) is 4.57 Å². The molecule has 0 fully saturated rings. The maximum Gasteiger partial charge on any atom is 0.303 e. The number of rotatable bonds is 3. The molecular formula is C13H16N2O2. The lowest BCUT2D eigenvalue weighted by atomic mass is 10.1. The van der Waals surface area contributed by atoms with Gasteiger partial charge in [-0.05, 0) is 37.1 Å². The van der Waals surface area contributed by atoms with Crippen LogP contribution in [0.5, 0.6) is 0 Å². The minimum absolute atomic E-state index is 0.148. The standard InChI is InChI=1S/C13H16N2O2/c1-8-10(4-6-13(16)17)11-7-9(14)3-5-12(11)15(8)2/h3,5,7H,4,6,14H2,1-2H3,(H,16,17). The molecule has 0 aliphatic carbocycles. The Morgan fingerprint density at radius 3 is 2.82 bits per heavy atom. The summed E-state index contributed by atoms with van der Waals surface area (Å²) < 4.78 is 2.08. The van der Waals surface area contributed by atoms with Crippen molar-refractivity contribution in [2.75, 3.05) is 5.73 Å². The Balaban J connectivity index is 2.56. The van der Waals surface area contributed by atoms with E-state index in [0.29, 0.717) is 12.1 Å². The molecule has 1 heterocycles. The van der Waals surface area contributed by atoms with Gasteiger partial charge in [0.1, 0.15) is 0 Å². The lowest BCUT2D eigenvalue weighted by molar-refractivity contribution is -0.136. The predicted molar refractivity (Wildman–Crippen MR) is 68.0 cm³/mol. The van der Waals surface area contributed by atoms with Crippen LogP contribution in [0, 0.1) is 6.92 Å². The van der Waals surface area contributed by atoms with Gasteiger partial charge >= 0.3 is 5.97 Å². The number of aliphatic carboxylic acids is 1. The molecule has 0 amide bonds. The number of hydrogen-bond donors (Lipinski definition) is 2. The van der Waals surface area contributed by atoms with Gasteiger partial charge in [0.15, 0.2) is 0 Å². The molecule has 0 saturated carbocycles. The van der Waals surface area contributed by atoms with Crippen molar-refractivity contribution in [2.24, 2.45) is 7.05 Å². The highest BCUT2D eigenvalue weighted by Gasteiger charge is 2.12. The van der Waals surface area contributed by atoms with Gasteiger partial charge < -0.3 is 15.4 Å². The normalized spacial score (nSPS) is 10.9. The van der Waals surface area contributed by atoms with Gasteiger partial charge in [-0.25, -0.2) is 0 Å². The summed E-state index contributed by atoms with van der Waals surface area (Å²) in [6, 6.07) is 5.75. The van der Waals surface area contributed by atoms with Crippen LogP contribution in [-0.4, -0.2) is 15.6 Å². The first-order valence-corrected chi connectivity index (χ1v) is 5.56. The van der Waals surface area contributed by atoms with Crippen LogP contribution in [0.15, 0.2) is 18.2 Å². The first-order valence-electron chi connectivity index (χ1n) is 5.56. The van der Waals surface area contributed by atoms with Crippen LogP contribution in [0.3, 0.4) is 0 Å². The fourth-order valence-electron chi connectivity index (χ4n) is 2.21. The Bertz CT molecular complexity index is 585. The molecule has 1 aromatic carbocycles. The summed E-state index contributed by atoms with van der Waals surface area (Å²) in [5.41, 5.74) is 9.77. The van der Waals surface area contributed by atoms with Crippen molar-refractivity contribution in [3.8, 4) is 0 Å². The highest BCUT2D eigenvalue weighted by molar-refractivity contribution is 5.88. The molecule has 0 aliphatic rings. The van der Waals surface area contributed by atoms with E-state index < -0.39 is 5.97 Å². The van der Waals surface area contributed by atoms with E-state index in [4.69, 9.17) is 10.8 Å². The Hall–Kier alpha value is -1.97. The van der Waals surface area contributed by atoms with Crippen LogP contribution in [0.25, 0.3) is 10.9 Å². The topological polar surface area (TPSA) is 68.2 Å². The summed E-state index contributed by atoms with van der Waals surface area (Å²) in [6.07, 6.45) is 0.691. The van der Waals surface area contributed by atoms with Crippen molar-refractivity contribution in [1.29, 1.82) is 0 Å². The number of nitrogens with zero attached hydrogens (tertiary/aromatic N) is 1. The van der Waals surface area contributed by atoms with Crippen molar-refractivity contribution >= 4 is 22.6 Å². The molecule has 17 heavy (non-hydrogen) atoms. The minimum atomic E-state index is -0.773. The monoisotopic (exact) mass is 232 g/mol. The second kappa shape index (κ2) is 4.13. The molecule has 4 nitrogen and oxygen atoms in total. The predicted octanol–water partition coefficient (Wildman–Crippen LogP) is 2.09. The third-order valence-electron chi connectivity index (χ3n) is 3.24.